The zero-order chi connectivity index (χ0) is 37.3. The number of unbranched alkanes of at least 4 members (excludes halogenated alkanes) is 4. The fraction of sp³-hybridized carbons (Fsp3) is 0.630. The van der Waals surface area contributed by atoms with E-state index in [-0.39, 0.29) is 17.9 Å². The van der Waals surface area contributed by atoms with Crippen molar-refractivity contribution in [1.29, 1.82) is 5.41 Å². The Labute approximate surface area is 319 Å². The van der Waals surface area contributed by atoms with E-state index in [0.29, 0.717) is 37.4 Å². The summed E-state index contributed by atoms with van der Waals surface area (Å²) in [6, 6.07) is 13.8. The van der Waals surface area contributed by atoms with Crippen LogP contribution in [0.4, 0.5) is 0 Å². The Bertz CT molecular complexity index is 1410. The number of rotatable bonds is 20. The normalized spacial score (nSPS) is 24.5. The average Bonchev–Trinajstić information content (AvgIpc) is 3.21. The predicted molar refractivity (Wildman–Crippen MR) is 212 cm³/mol. The standard InChI is InChI=1S/C46H65NO6/c1-3-5-10-34-11-15-36(16-12-34)37-19-21-38(22-20-37)40-23-28-44(41(31-40)32-47)52-33-35-13-17-39(18-14-35)46(49)53-43-26-24-42(25-27-43)50-29-8-6-7-9-30-51-45(48)4-2/h4,23-28,31-32,34-39,47H,2-3,5-22,29-30,33H2,1H3. The van der Waals surface area contributed by atoms with E-state index in [9.17, 15) is 9.59 Å². The van der Waals surface area contributed by atoms with Crippen LogP contribution in [0.3, 0.4) is 0 Å². The van der Waals surface area contributed by atoms with Gasteiger partial charge in [0.1, 0.15) is 17.2 Å². The Balaban J connectivity index is 0.957. The van der Waals surface area contributed by atoms with Gasteiger partial charge < -0.3 is 24.4 Å². The predicted octanol–water partition coefficient (Wildman–Crippen LogP) is 11.4. The van der Waals surface area contributed by atoms with Crippen LogP contribution in [0.25, 0.3) is 0 Å². The highest BCUT2D eigenvalue weighted by Gasteiger charge is 2.32. The molecule has 7 heteroatoms. The van der Waals surface area contributed by atoms with Crippen molar-refractivity contribution >= 4 is 18.2 Å². The molecule has 1 N–H and O–H groups in total. The van der Waals surface area contributed by atoms with Gasteiger partial charge in [0.25, 0.3) is 0 Å². The molecule has 3 saturated carbocycles. The third kappa shape index (κ3) is 13.0. The molecule has 0 aromatic heterocycles. The molecule has 3 fully saturated rings. The number of hydrogen-bond donors (Lipinski definition) is 1. The van der Waals surface area contributed by atoms with E-state index in [1.54, 1.807) is 12.1 Å². The van der Waals surface area contributed by atoms with Gasteiger partial charge in [0.05, 0.1) is 25.7 Å². The van der Waals surface area contributed by atoms with Gasteiger partial charge in [-0.15, -0.1) is 0 Å². The SMILES string of the molecule is C=CC(=O)OCCCCCCOc1ccc(OC(=O)C2CCC(COc3ccc(C4CCC(C5CCC(CCCC)CC5)CC4)cc3C=N)CC2)cc1. The van der Waals surface area contributed by atoms with Gasteiger partial charge in [-0.2, -0.15) is 0 Å². The fourth-order valence-corrected chi connectivity index (χ4v) is 8.99. The van der Waals surface area contributed by atoms with E-state index < -0.39 is 0 Å². The van der Waals surface area contributed by atoms with Gasteiger partial charge in [-0.3, -0.25) is 4.79 Å². The first kappa shape index (κ1) is 40.6. The summed E-state index contributed by atoms with van der Waals surface area (Å²) in [4.78, 5) is 24.0. The Morgan fingerprint density at radius 2 is 1.38 bits per heavy atom. The highest BCUT2D eigenvalue weighted by atomic mass is 16.5. The molecule has 0 radical (unpaired) electrons. The quantitative estimate of drug-likeness (QED) is 0.0480. The molecule has 0 unspecified atom stereocenters. The molecule has 0 bridgehead atoms. The molecule has 7 nitrogen and oxygen atoms in total. The smallest absolute Gasteiger partial charge is 0.330 e. The summed E-state index contributed by atoms with van der Waals surface area (Å²) in [5, 5.41) is 8.12. The van der Waals surface area contributed by atoms with Crippen molar-refractivity contribution in [1.82, 2.24) is 0 Å². The highest BCUT2D eigenvalue weighted by molar-refractivity contribution is 5.82. The van der Waals surface area contributed by atoms with Gasteiger partial charge in [0, 0.05) is 17.9 Å². The van der Waals surface area contributed by atoms with Crippen molar-refractivity contribution in [2.24, 2.45) is 29.6 Å². The molecule has 0 saturated heterocycles. The van der Waals surface area contributed by atoms with E-state index in [1.165, 1.54) is 88.5 Å². The number of ether oxygens (including phenoxy) is 4. The van der Waals surface area contributed by atoms with Crippen molar-refractivity contribution in [3.05, 3.63) is 66.2 Å². The highest BCUT2D eigenvalue weighted by Crippen LogP contribution is 2.45. The molecular weight excluding hydrogens is 663 g/mol. The second-order valence-corrected chi connectivity index (χ2v) is 16.0. The molecule has 3 aliphatic carbocycles. The third-order valence-electron chi connectivity index (χ3n) is 12.4. The monoisotopic (exact) mass is 727 g/mol. The van der Waals surface area contributed by atoms with Crippen molar-refractivity contribution in [2.75, 3.05) is 19.8 Å². The zero-order valence-electron chi connectivity index (χ0n) is 32.4. The minimum Gasteiger partial charge on any atom is -0.494 e. The van der Waals surface area contributed by atoms with Crippen LogP contribution in [0.5, 0.6) is 17.2 Å². The maximum Gasteiger partial charge on any atom is 0.330 e. The van der Waals surface area contributed by atoms with Crippen LogP contribution in [0, 0.1) is 35.0 Å². The van der Waals surface area contributed by atoms with Crippen LogP contribution in [-0.2, 0) is 14.3 Å². The zero-order valence-corrected chi connectivity index (χ0v) is 32.4. The summed E-state index contributed by atoms with van der Waals surface area (Å²) >= 11 is 0. The molecule has 0 amide bonds. The van der Waals surface area contributed by atoms with Crippen molar-refractivity contribution in [3.63, 3.8) is 0 Å². The van der Waals surface area contributed by atoms with Gasteiger partial charge in [0.2, 0.25) is 0 Å². The van der Waals surface area contributed by atoms with E-state index >= 15 is 0 Å². The van der Waals surface area contributed by atoms with E-state index in [0.717, 1.165) is 86.2 Å². The number of carbonyl (C=O) groups is 2. The lowest BCUT2D eigenvalue weighted by Crippen LogP contribution is -2.27. The molecule has 53 heavy (non-hydrogen) atoms. The fourth-order valence-electron chi connectivity index (χ4n) is 8.99. The van der Waals surface area contributed by atoms with Gasteiger partial charge in [-0.05, 0) is 161 Å². The van der Waals surface area contributed by atoms with Crippen LogP contribution in [-0.4, -0.2) is 38.0 Å². The lowest BCUT2D eigenvalue weighted by Gasteiger charge is -2.38. The minimum atomic E-state index is -0.377. The van der Waals surface area contributed by atoms with Crippen LogP contribution >= 0.6 is 0 Å². The largest absolute Gasteiger partial charge is 0.494 e. The summed E-state index contributed by atoms with van der Waals surface area (Å²) < 4.78 is 22.9. The number of esters is 2. The summed E-state index contributed by atoms with van der Waals surface area (Å²) in [5.74, 6) is 5.28. The van der Waals surface area contributed by atoms with Gasteiger partial charge in [-0.25, -0.2) is 4.79 Å². The Hall–Kier alpha value is -3.61. The van der Waals surface area contributed by atoms with E-state index in [1.807, 2.05) is 12.1 Å². The second kappa shape index (κ2) is 21.9. The van der Waals surface area contributed by atoms with Gasteiger partial charge in [-0.1, -0.05) is 51.7 Å². The Morgan fingerprint density at radius 1 is 0.736 bits per heavy atom. The molecule has 0 aliphatic heterocycles. The topological polar surface area (TPSA) is 94.9 Å². The molecule has 0 atom stereocenters. The third-order valence-corrected chi connectivity index (χ3v) is 12.4. The average molecular weight is 728 g/mol. The first-order valence-corrected chi connectivity index (χ1v) is 21.0. The van der Waals surface area contributed by atoms with Crippen LogP contribution < -0.4 is 14.2 Å². The van der Waals surface area contributed by atoms with Gasteiger partial charge in [0.15, 0.2) is 0 Å². The number of carbonyl (C=O) groups excluding carboxylic acids is 2. The minimum absolute atomic E-state index is 0.102. The maximum atomic E-state index is 13.0. The molecule has 5 rings (SSSR count). The molecule has 2 aromatic carbocycles. The number of benzene rings is 2. The van der Waals surface area contributed by atoms with Crippen LogP contribution in [0.15, 0.2) is 55.1 Å². The van der Waals surface area contributed by atoms with Gasteiger partial charge >= 0.3 is 11.9 Å². The van der Waals surface area contributed by atoms with Crippen molar-refractivity contribution in [2.45, 2.75) is 135 Å². The van der Waals surface area contributed by atoms with Crippen molar-refractivity contribution < 1.29 is 28.5 Å². The molecule has 3 aliphatic rings. The summed E-state index contributed by atoms with van der Waals surface area (Å²) in [5.41, 5.74) is 2.25. The maximum absolute atomic E-state index is 13.0. The Kier molecular flexibility index (Phi) is 16.8. The van der Waals surface area contributed by atoms with Crippen LogP contribution in [0.2, 0.25) is 0 Å². The first-order chi connectivity index (χ1) is 25.9. The molecule has 2 aromatic rings. The number of nitrogens with one attached hydrogen (secondary N) is 1. The lowest BCUT2D eigenvalue weighted by atomic mass is 9.68. The van der Waals surface area contributed by atoms with E-state index in [4.69, 9.17) is 24.4 Å². The summed E-state index contributed by atoms with van der Waals surface area (Å²) in [6.07, 6.45) is 25.0. The lowest BCUT2D eigenvalue weighted by molar-refractivity contribution is -0.140. The first-order valence-electron chi connectivity index (χ1n) is 21.0. The second-order valence-electron chi connectivity index (χ2n) is 16.0. The van der Waals surface area contributed by atoms with Crippen molar-refractivity contribution in [3.8, 4) is 17.2 Å². The summed E-state index contributed by atoms with van der Waals surface area (Å²) in [7, 11) is 0. The number of hydrogen-bond acceptors (Lipinski definition) is 7. The molecular formula is C46H65NO6. The Morgan fingerprint density at radius 3 is 2.04 bits per heavy atom. The molecule has 290 valence electrons. The van der Waals surface area contributed by atoms with E-state index in [2.05, 4.69) is 31.7 Å². The molecule has 0 heterocycles. The molecule has 0 spiro atoms. The van der Waals surface area contributed by atoms with Crippen LogP contribution in [0.1, 0.15) is 146 Å². The summed E-state index contributed by atoms with van der Waals surface area (Å²) in [6.45, 7) is 7.34.